The molecule has 3 aromatic rings. The van der Waals surface area contributed by atoms with Gasteiger partial charge in [-0.1, -0.05) is 30.3 Å². The molecular formula is C19H15N3O3. The molecule has 0 fully saturated rings. The Labute approximate surface area is 143 Å². The van der Waals surface area contributed by atoms with Crippen LogP contribution in [0, 0.1) is 0 Å². The summed E-state index contributed by atoms with van der Waals surface area (Å²) in [6, 6.07) is 17.1. The first-order chi connectivity index (χ1) is 11.9. The molecule has 0 saturated heterocycles. The van der Waals surface area contributed by atoms with Crippen molar-refractivity contribution in [2.75, 3.05) is 5.32 Å². The summed E-state index contributed by atoms with van der Waals surface area (Å²) in [5.41, 5.74) is 11.4. The molecule has 124 valence electrons. The quantitative estimate of drug-likeness (QED) is 0.680. The predicted molar refractivity (Wildman–Crippen MR) is 95.4 cm³/mol. The van der Waals surface area contributed by atoms with Crippen molar-refractivity contribution in [2.24, 2.45) is 11.5 Å². The van der Waals surface area contributed by atoms with E-state index in [1.54, 1.807) is 12.1 Å². The van der Waals surface area contributed by atoms with Crippen LogP contribution in [0.15, 0.2) is 60.7 Å². The molecule has 0 radical (unpaired) electrons. The lowest BCUT2D eigenvalue weighted by molar-refractivity contribution is 0.0994. The van der Waals surface area contributed by atoms with Crippen LogP contribution in [0.3, 0.4) is 0 Å². The second-order valence-corrected chi connectivity index (χ2v) is 5.54. The average Bonchev–Trinajstić information content (AvgIpc) is 2.60. The number of rotatable bonds is 4. The summed E-state index contributed by atoms with van der Waals surface area (Å²) < 4.78 is 0. The normalized spacial score (nSPS) is 10.4. The molecule has 0 aliphatic heterocycles. The van der Waals surface area contributed by atoms with Crippen molar-refractivity contribution in [2.45, 2.75) is 0 Å². The molecule has 6 nitrogen and oxygen atoms in total. The van der Waals surface area contributed by atoms with Gasteiger partial charge in [-0.15, -0.1) is 0 Å². The summed E-state index contributed by atoms with van der Waals surface area (Å²) in [7, 11) is 0. The molecule has 0 aliphatic rings. The number of nitrogens with two attached hydrogens (primary N) is 2. The second kappa shape index (κ2) is 6.45. The van der Waals surface area contributed by atoms with Gasteiger partial charge in [-0.25, -0.2) is 0 Å². The van der Waals surface area contributed by atoms with Gasteiger partial charge in [-0.05, 0) is 41.1 Å². The molecular weight excluding hydrogens is 318 g/mol. The maximum Gasteiger partial charge on any atom is 0.255 e. The van der Waals surface area contributed by atoms with Crippen molar-refractivity contribution in [3.8, 4) is 0 Å². The molecule has 0 aromatic heterocycles. The largest absolute Gasteiger partial charge is 0.366 e. The Hall–Kier alpha value is -3.67. The van der Waals surface area contributed by atoms with Crippen LogP contribution in [0.25, 0.3) is 10.8 Å². The molecule has 5 N–H and O–H groups in total. The SMILES string of the molecule is NC(=O)c1cc(NC(=O)c2ccc3ccccc3c2)cc(C(N)=O)c1. The second-order valence-electron chi connectivity index (χ2n) is 5.54. The standard InChI is InChI=1S/C19H15N3O3/c20-17(23)14-8-15(18(21)24)10-16(9-14)22-19(25)13-6-5-11-3-1-2-4-12(11)7-13/h1-10H,(H2,20,23)(H2,21,24)(H,22,25). The Morgan fingerprint density at radius 1 is 0.680 bits per heavy atom. The van der Waals surface area contributed by atoms with Gasteiger partial charge < -0.3 is 16.8 Å². The third kappa shape index (κ3) is 3.48. The van der Waals surface area contributed by atoms with Crippen LogP contribution in [0.5, 0.6) is 0 Å². The van der Waals surface area contributed by atoms with Gasteiger partial charge in [0.15, 0.2) is 0 Å². The minimum Gasteiger partial charge on any atom is -0.366 e. The smallest absolute Gasteiger partial charge is 0.255 e. The van der Waals surface area contributed by atoms with Crippen LogP contribution in [-0.2, 0) is 0 Å². The lowest BCUT2D eigenvalue weighted by atomic mass is 10.1. The van der Waals surface area contributed by atoms with Gasteiger partial charge in [0, 0.05) is 22.4 Å². The molecule has 0 atom stereocenters. The van der Waals surface area contributed by atoms with Crippen LogP contribution in [-0.4, -0.2) is 17.7 Å². The minimum absolute atomic E-state index is 0.0881. The third-order valence-corrected chi connectivity index (χ3v) is 3.77. The molecule has 0 aliphatic carbocycles. The van der Waals surface area contributed by atoms with E-state index in [1.807, 2.05) is 30.3 Å². The van der Waals surface area contributed by atoms with Crippen molar-refractivity contribution in [3.05, 3.63) is 77.4 Å². The van der Waals surface area contributed by atoms with Crippen LogP contribution in [0.4, 0.5) is 5.69 Å². The predicted octanol–water partition coefficient (Wildman–Crippen LogP) is 2.29. The van der Waals surface area contributed by atoms with Gasteiger partial charge in [-0.3, -0.25) is 14.4 Å². The van der Waals surface area contributed by atoms with E-state index < -0.39 is 11.8 Å². The molecule has 0 spiro atoms. The Bertz CT molecular complexity index is 979. The van der Waals surface area contributed by atoms with E-state index in [4.69, 9.17) is 11.5 Å². The highest BCUT2D eigenvalue weighted by molar-refractivity contribution is 6.08. The summed E-state index contributed by atoms with van der Waals surface area (Å²) in [5, 5.41) is 4.61. The van der Waals surface area contributed by atoms with E-state index in [0.717, 1.165) is 10.8 Å². The number of hydrogen-bond acceptors (Lipinski definition) is 3. The van der Waals surface area contributed by atoms with E-state index in [9.17, 15) is 14.4 Å². The molecule has 25 heavy (non-hydrogen) atoms. The van der Waals surface area contributed by atoms with Crippen LogP contribution in [0.2, 0.25) is 0 Å². The summed E-state index contributed by atoms with van der Waals surface area (Å²) in [6.07, 6.45) is 0. The fourth-order valence-corrected chi connectivity index (χ4v) is 2.52. The number of primary amides is 2. The highest BCUT2D eigenvalue weighted by Crippen LogP contribution is 2.19. The van der Waals surface area contributed by atoms with Crippen molar-refractivity contribution in [1.29, 1.82) is 0 Å². The van der Waals surface area contributed by atoms with Crippen molar-refractivity contribution < 1.29 is 14.4 Å². The molecule has 0 saturated carbocycles. The van der Waals surface area contributed by atoms with Crippen LogP contribution < -0.4 is 16.8 Å². The first kappa shape index (κ1) is 16.2. The number of fused-ring (bicyclic) bond motifs is 1. The van der Waals surface area contributed by atoms with Gasteiger partial charge in [0.2, 0.25) is 11.8 Å². The van der Waals surface area contributed by atoms with Crippen molar-refractivity contribution in [1.82, 2.24) is 0 Å². The van der Waals surface area contributed by atoms with Crippen LogP contribution in [0.1, 0.15) is 31.1 Å². The lowest BCUT2D eigenvalue weighted by Gasteiger charge is -2.09. The van der Waals surface area contributed by atoms with Crippen molar-refractivity contribution >= 4 is 34.2 Å². The van der Waals surface area contributed by atoms with Gasteiger partial charge in [0.1, 0.15) is 0 Å². The Morgan fingerprint density at radius 3 is 1.88 bits per heavy atom. The summed E-state index contributed by atoms with van der Waals surface area (Å²) in [5.74, 6) is -1.81. The highest BCUT2D eigenvalue weighted by Gasteiger charge is 2.12. The minimum atomic E-state index is -0.718. The molecule has 3 rings (SSSR count). The fraction of sp³-hybridized carbons (Fsp3) is 0. The van der Waals surface area contributed by atoms with E-state index in [-0.39, 0.29) is 22.7 Å². The summed E-state index contributed by atoms with van der Waals surface area (Å²) in [6.45, 7) is 0. The van der Waals surface area contributed by atoms with E-state index >= 15 is 0 Å². The molecule has 6 heteroatoms. The van der Waals surface area contributed by atoms with Crippen molar-refractivity contribution in [3.63, 3.8) is 0 Å². The maximum absolute atomic E-state index is 12.5. The van der Waals surface area contributed by atoms with E-state index in [0.29, 0.717) is 5.56 Å². The molecule has 0 unspecified atom stereocenters. The number of carbonyl (C=O) groups is 3. The van der Waals surface area contributed by atoms with Gasteiger partial charge >= 0.3 is 0 Å². The third-order valence-electron chi connectivity index (χ3n) is 3.77. The molecule has 0 heterocycles. The zero-order chi connectivity index (χ0) is 18.0. The van der Waals surface area contributed by atoms with E-state index in [1.165, 1.54) is 18.2 Å². The summed E-state index contributed by atoms with van der Waals surface area (Å²) in [4.78, 5) is 35.3. The Kier molecular flexibility index (Phi) is 4.18. The molecule has 3 amide bonds. The topological polar surface area (TPSA) is 115 Å². The zero-order valence-corrected chi connectivity index (χ0v) is 13.2. The number of carbonyl (C=O) groups excluding carboxylic acids is 3. The zero-order valence-electron chi connectivity index (χ0n) is 13.2. The van der Waals surface area contributed by atoms with Gasteiger partial charge in [0.25, 0.3) is 5.91 Å². The Balaban J connectivity index is 1.93. The first-order valence-corrected chi connectivity index (χ1v) is 7.49. The summed E-state index contributed by atoms with van der Waals surface area (Å²) >= 11 is 0. The number of hydrogen-bond donors (Lipinski definition) is 3. The number of anilines is 1. The monoisotopic (exact) mass is 333 g/mol. The number of nitrogens with one attached hydrogen (secondary N) is 1. The number of amides is 3. The maximum atomic E-state index is 12.5. The van der Waals surface area contributed by atoms with Gasteiger partial charge in [-0.2, -0.15) is 0 Å². The lowest BCUT2D eigenvalue weighted by Crippen LogP contribution is -2.18. The van der Waals surface area contributed by atoms with Crippen LogP contribution >= 0.6 is 0 Å². The fourth-order valence-electron chi connectivity index (χ4n) is 2.52. The highest BCUT2D eigenvalue weighted by atomic mass is 16.2. The molecule has 3 aromatic carbocycles. The van der Waals surface area contributed by atoms with Gasteiger partial charge in [0.05, 0.1) is 0 Å². The Morgan fingerprint density at radius 2 is 1.28 bits per heavy atom. The average molecular weight is 333 g/mol. The first-order valence-electron chi connectivity index (χ1n) is 7.49. The van der Waals surface area contributed by atoms with E-state index in [2.05, 4.69) is 5.32 Å². The number of benzene rings is 3. The molecule has 0 bridgehead atoms.